The quantitative estimate of drug-likeness (QED) is 0.795. The van der Waals surface area contributed by atoms with Gasteiger partial charge >= 0.3 is 5.97 Å². The fraction of sp³-hybridized carbons (Fsp3) is 0.417. The molecule has 4 nitrogen and oxygen atoms in total. The molecule has 1 unspecified atom stereocenters. The molecule has 0 amide bonds. The van der Waals surface area contributed by atoms with Gasteiger partial charge in [-0.3, -0.25) is 4.79 Å². The normalized spacial score (nSPS) is 12.5. The van der Waals surface area contributed by atoms with Crippen molar-refractivity contribution in [2.75, 3.05) is 6.54 Å². The number of carboxylic acid groups (broad SMARTS) is 1. The Hall–Kier alpha value is -1.55. The summed E-state index contributed by atoms with van der Waals surface area (Å²) in [5.41, 5.74) is 6.11. The highest BCUT2D eigenvalue weighted by atomic mass is 16.5. The van der Waals surface area contributed by atoms with Crippen LogP contribution < -0.4 is 10.5 Å². The molecule has 0 radical (unpaired) electrons. The minimum absolute atomic E-state index is 0.0969. The van der Waals surface area contributed by atoms with E-state index in [9.17, 15) is 4.79 Å². The second-order valence-electron chi connectivity index (χ2n) is 3.86. The molecule has 16 heavy (non-hydrogen) atoms. The fourth-order valence-electron chi connectivity index (χ4n) is 1.43. The molecule has 4 heteroatoms. The third kappa shape index (κ3) is 3.24. The molecule has 0 aromatic heterocycles. The molecule has 0 bridgehead atoms. The van der Waals surface area contributed by atoms with Crippen LogP contribution in [-0.4, -0.2) is 23.7 Å². The van der Waals surface area contributed by atoms with Crippen LogP contribution in [0, 0.1) is 0 Å². The van der Waals surface area contributed by atoms with Crippen molar-refractivity contribution in [3.63, 3.8) is 0 Å². The summed E-state index contributed by atoms with van der Waals surface area (Å²) in [6.07, 6.45) is 0.107. The molecule has 0 spiro atoms. The molecule has 88 valence electrons. The van der Waals surface area contributed by atoms with Crippen molar-refractivity contribution in [3.8, 4) is 5.75 Å². The Morgan fingerprint density at radius 1 is 1.38 bits per heavy atom. The summed E-state index contributed by atoms with van der Waals surface area (Å²) in [4.78, 5) is 10.9. The molecule has 1 aromatic carbocycles. The summed E-state index contributed by atoms with van der Waals surface area (Å²) in [5, 5.41) is 8.93. The van der Waals surface area contributed by atoms with Crippen LogP contribution in [0.1, 0.15) is 25.3 Å². The first kappa shape index (κ1) is 12.5. The summed E-state index contributed by atoms with van der Waals surface area (Å²) in [6.45, 7) is 3.97. The predicted octanol–water partition coefficient (Wildman–Crippen LogP) is 1.60. The molecule has 0 fully saturated rings. The van der Waals surface area contributed by atoms with E-state index in [1.807, 2.05) is 13.8 Å². The standard InChI is InChI=1S/C12H17NO3/c1-8(2)16-10-5-3-9(4-6-10)11(7-13)12(14)15/h3-6,8,11H,7,13H2,1-2H3,(H,14,15). The Kier molecular flexibility index (Phi) is 4.31. The van der Waals surface area contributed by atoms with E-state index in [1.165, 1.54) is 0 Å². The van der Waals surface area contributed by atoms with E-state index in [0.29, 0.717) is 5.56 Å². The highest BCUT2D eigenvalue weighted by Crippen LogP contribution is 2.19. The first-order valence-electron chi connectivity index (χ1n) is 5.24. The van der Waals surface area contributed by atoms with E-state index >= 15 is 0 Å². The van der Waals surface area contributed by atoms with Crippen molar-refractivity contribution < 1.29 is 14.6 Å². The molecule has 0 saturated heterocycles. The van der Waals surface area contributed by atoms with Crippen molar-refractivity contribution >= 4 is 5.97 Å². The lowest BCUT2D eigenvalue weighted by atomic mass is 9.99. The zero-order chi connectivity index (χ0) is 12.1. The van der Waals surface area contributed by atoms with Crippen LogP contribution in [0.25, 0.3) is 0 Å². The number of ether oxygens (including phenoxy) is 1. The van der Waals surface area contributed by atoms with E-state index in [0.717, 1.165) is 5.75 Å². The van der Waals surface area contributed by atoms with Crippen molar-refractivity contribution in [3.05, 3.63) is 29.8 Å². The summed E-state index contributed by atoms with van der Waals surface area (Å²) >= 11 is 0. The summed E-state index contributed by atoms with van der Waals surface area (Å²) in [7, 11) is 0. The van der Waals surface area contributed by atoms with Crippen LogP contribution >= 0.6 is 0 Å². The fourth-order valence-corrected chi connectivity index (χ4v) is 1.43. The van der Waals surface area contributed by atoms with Crippen LogP contribution in [0.5, 0.6) is 5.75 Å². The van der Waals surface area contributed by atoms with Crippen LogP contribution in [-0.2, 0) is 4.79 Å². The number of rotatable bonds is 5. The molecule has 0 aliphatic heterocycles. The van der Waals surface area contributed by atoms with Gasteiger partial charge in [-0.05, 0) is 31.5 Å². The van der Waals surface area contributed by atoms with Gasteiger partial charge in [0.25, 0.3) is 0 Å². The van der Waals surface area contributed by atoms with Crippen LogP contribution in [0.3, 0.4) is 0 Å². The van der Waals surface area contributed by atoms with Crippen LogP contribution in [0.4, 0.5) is 0 Å². The molecule has 3 N–H and O–H groups in total. The smallest absolute Gasteiger partial charge is 0.312 e. The van der Waals surface area contributed by atoms with Gasteiger partial charge in [-0.25, -0.2) is 0 Å². The molecule has 0 heterocycles. The largest absolute Gasteiger partial charge is 0.491 e. The summed E-state index contributed by atoms with van der Waals surface area (Å²) in [6, 6.07) is 7.01. The topological polar surface area (TPSA) is 72.5 Å². The third-order valence-electron chi connectivity index (χ3n) is 2.19. The van der Waals surface area contributed by atoms with Gasteiger partial charge < -0.3 is 15.6 Å². The van der Waals surface area contributed by atoms with Gasteiger partial charge in [0, 0.05) is 6.54 Å². The monoisotopic (exact) mass is 223 g/mol. The Morgan fingerprint density at radius 3 is 2.31 bits per heavy atom. The highest BCUT2D eigenvalue weighted by Gasteiger charge is 2.17. The summed E-state index contributed by atoms with van der Waals surface area (Å²) in [5.74, 6) is -0.812. The molecule has 1 rings (SSSR count). The lowest BCUT2D eigenvalue weighted by Gasteiger charge is -2.12. The minimum Gasteiger partial charge on any atom is -0.491 e. The maximum atomic E-state index is 10.9. The Morgan fingerprint density at radius 2 is 1.94 bits per heavy atom. The zero-order valence-electron chi connectivity index (χ0n) is 9.51. The van der Waals surface area contributed by atoms with Gasteiger partial charge in [0.15, 0.2) is 0 Å². The zero-order valence-corrected chi connectivity index (χ0v) is 9.51. The molecular formula is C12H17NO3. The minimum atomic E-state index is -0.903. The second kappa shape index (κ2) is 5.51. The van der Waals surface area contributed by atoms with E-state index in [4.69, 9.17) is 15.6 Å². The number of carbonyl (C=O) groups is 1. The van der Waals surface area contributed by atoms with Crippen molar-refractivity contribution in [2.24, 2.45) is 5.73 Å². The second-order valence-corrected chi connectivity index (χ2v) is 3.86. The average Bonchev–Trinajstić information content (AvgIpc) is 2.20. The maximum absolute atomic E-state index is 10.9. The average molecular weight is 223 g/mol. The van der Waals surface area contributed by atoms with E-state index in [1.54, 1.807) is 24.3 Å². The van der Waals surface area contributed by atoms with Gasteiger partial charge in [0.05, 0.1) is 12.0 Å². The number of hydrogen-bond donors (Lipinski definition) is 2. The highest BCUT2D eigenvalue weighted by molar-refractivity contribution is 5.76. The van der Waals surface area contributed by atoms with Crippen molar-refractivity contribution in [1.29, 1.82) is 0 Å². The Balaban J connectivity index is 2.81. The van der Waals surface area contributed by atoms with E-state index in [-0.39, 0.29) is 12.6 Å². The van der Waals surface area contributed by atoms with Crippen molar-refractivity contribution in [2.45, 2.75) is 25.9 Å². The number of nitrogens with two attached hydrogens (primary N) is 1. The third-order valence-corrected chi connectivity index (χ3v) is 2.19. The predicted molar refractivity (Wildman–Crippen MR) is 61.6 cm³/mol. The number of aliphatic carboxylic acids is 1. The molecule has 1 atom stereocenters. The van der Waals surface area contributed by atoms with E-state index < -0.39 is 11.9 Å². The lowest BCUT2D eigenvalue weighted by molar-refractivity contribution is -0.138. The first-order valence-corrected chi connectivity index (χ1v) is 5.24. The van der Waals surface area contributed by atoms with Gasteiger partial charge in [0.2, 0.25) is 0 Å². The van der Waals surface area contributed by atoms with E-state index in [2.05, 4.69) is 0 Å². The van der Waals surface area contributed by atoms with Crippen LogP contribution in [0.2, 0.25) is 0 Å². The Labute approximate surface area is 95.0 Å². The SMILES string of the molecule is CC(C)Oc1ccc(C(CN)C(=O)O)cc1. The first-order chi connectivity index (χ1) is 7.54. The van der Waals surface area contributed by atoms with Gasteiger partial charge in [-0.1, -0.05) is 12.1 Å². The summed E-state index contributed by atoms with van der Waals surface area (Å²) < 4.78 is 5.46. The molecule has 0 aliphatic rings. The lowest BCUT2D eigenvalue weighted by Crippen LogP contribution is -2.21. The van der Waals surface area contributed by atoms with Gasteiger partial charge in [-0.15, -0.1) is 0 Å². The molecule has 0 saturated carbocycles. The molecule has 0 aliphatic carbocycles. The van der Waals surface area contributed by atoms with Gasteiger partial charge in [-0.2, -0.15) is 0 Å². The molecular weight excluding hydrogens is 206 g/mol. The van der Waals surface area contributed by atoms with Crippen LogP contribution in [0.15, 0.2) is 24.3 Å². The van der Waals surface area contributed by atoms with Crippen molar-refractivity contribution in [1.82, 2.24) is 0 Å². The number of carboxylic acids is 1. The number of benzene rings is 1. The van der Waals surface area contributed by atoms with Gasteiger partial charge in [0.1, 0.15) is 5.75 Å². The molecule has 1 aromatic rings. The Bertz CT molecular complexity index is 346. The maximum Gasteiger partial charge on any atom is 0.312 e. The number of hydrogen-bond acceptors (Lipinski definition) is 3.